The first-order valence-electron chi connectivity index (χ1n) is 7.63. The monoisotopic (exact) mass is 260 g/mol. The summed E-state index contributed by atoms with van der Waals surface area (Å²) in [5, 5.41) is 3.82. The summed E-state index contributed by atoms with van der Waals surface area (Å²) in [5.74, 6) is 0.869. The summed E-state index contributed by atoms with van der Waals surface area (Å²) in [6.45, 7) is 5.34. The highest BCUT2D eigenvalue weighted by molar-refractivity contribution is 5.15. The van der Waals surface area contributed by atoms with Crippen molar-refractivity contribution in [2.45, 2.75) is 57.5 Å². The summed E-state index contributed by atoms with van der Waals surface area (Å²) in [6.07, 6.45) is 6.18. The van der Waals surface area contributed by atoms with E-state index in [1.807, 2.05) is 0 Å². The van der Waals surface area contributed by atoms with Crippen molar-refractivity contribution in [3.63, 3.8) is 0 Å². The third-order valence-corrected chi connectivity index (χ3v) is 4.51. The predicted octanol–water partition coefficient (Wildman–Crippen LogP) is 3.11. The zero-order valence-electron chi connectivity index (χ0n) is 12.4. The van der Waals surface area contributed by atoms with E-state index in [9.17, 15) is 0 Å². The molecule has 0 saturated heterocycles. The van der Waals surface area contributed by atoms with Gasteiger partial charge in [-0.15, -0.1) is 0 Å². The van der Waals surface area contributed by atoms with Crippen molar-refractivity contribution in [2.24, 2.45) is 11.7 Å². The smallest absolute Gasteiger partial charge is 0.0281 e. The Labute approximate surface area is 117 Å². The first kappa shape index (κ1) is 14.5. The first-order valence-corrected chi connectivity index (χ1v) is 7.63. The zero-order valence-corrected chi connectivity index (χ0v) is 12.4. The fraction of sp³-hybridized carbons (Fsp3) is 0.647. The number of hydrogen-bond acceptors (Lipinski definition) is 2. The molecule has 3 unspecified atom stereocenters. The number of benzene rings is 1. The highest BCUT2D eigenvalue weighted by Gasteiger charge is 2.29. The van der Waals surface area contributed by atoms with Crippen LogP contribution in [0.5, 0.6) is 0 Å². The highest BCUT2D eigenvalue weighted by Crippen LogP contribution is 2.27. The van der Waals surface area contributed by atoms with Crippen LogP contribution in [-0.2, 0) is 6.42 Å². The zero-order chi connectivity index (χ0) is 13.7. The van der Waals surface area contributed by atoms with Crippen molar-refractivity contribution >= 4 is 0 Å². The molecule has 106 valence electrons. The molecule has 1 aliphatic carbocycles. The lowest BCUT2D eigenvalue weighted by molar-refractivity contribution is 0.294. The van der Waals surface area contributed by atoms with Gasteiger partial charge in [0.15, 0.2) is 0 Å². The minimum Gasteiger partial charge on any atom is -0.329 e. The van der Waals surface area contributed by atoms with Crippen molar-refractivity contribution in [1.82, 2.24) is 5.32 Å². The molecule has 1 aromatic carbocycles. The molecule has 2 heteroatoms. The average Bonchev–Trinajstić information content (AvgIpc) is 2.83. The predicted molar refractivity (Wildman–Crippen MR) is 82.2 cm³/mol. The average molecular weight is 260 g/mol. The summed E-state index contributed by atoms with van der Waals surface area (Å²) in [4.78, 5) is 0. The number of hydrogen-bond donors (Lipinski definition) is 2. The molecule has 0 amide bonds. The second-order valence-electron chi connectivity index (χ2n) is 6.51. The topological polar surface area (TPSA) is 38.0 Å². The van der Waals surface area contributed by atoms with Gasteiger partial charge in [-0.1, -0.05) is 37.3 Å². The molecule has 3 atom stereocenters. The summed E-state index contributed by atoms with van der Waals surface area (Å²) in [5.41, 5.74) is 7.50. The highest BCUT2D eigenvalue weighted by atomic mass is 15.0. The summed E-state index contributed by atoms with van der Waals surface area (Å²) in [7, 11) is 0. The van der Waals surface area contributed by atoms with Gasteiger partial charge in [-0.2, -0.15) is 0 Å². The van der Waals surface area contributed by atoms with Crippen LogP contribution < -0.4 is 11.1 Å². The third kappa shape index (κ3) is 4.32. The summed E-state index contributed by atoms with van der Waals surface area (Å²) in [6, 6.07) is 11.4. The van der Waals surface area contributed by atoms with Gasteiger partial charge in [0.1, 0.15) is 0 Å². The van der Waals surface area contributed by atoms with Gasteiger partial charge in [0.05, 0.1) is 0 Å². The molecule has 0 aliphatic heterocycles. The van der Waals surface area contributed by atoms with Crippen molar-refractivity contribution in [1.29, 1.82) is 0 Å². The van der Waals surface area contributed by atoms with Crippen molar-refractivity contribution < 1.29 is 0 Å². The lowest BCUT2D eigenvalue weighted by atomic mass is 9.92. The standard InChI is InChI=1S/C17H28N2/c1-14-8-9-16(12-14)19-17(2,13-18)11-10-15-6-4-3-5-7-15/h3-7,14,16,19H,8-13,18H2,1-2H3. The number of aryl methyl sites for hydroxylation is 1. The van der Waals surface area contributed by atoms with E-state index < -0.39 is 0 Å². The van der Waals surface area contributed by atoms with Gasteiger partial charge < -0.3 is 11.1 Å². The first-order chi connectivity index (χ1) is 9.11. The van der Waals surface area contributed by atoms with E-state index in [4.69, 9.17) is 5.73 Å². The normalized spacial score (nSPS) is 26.3. The van der Waals surface area contributed by atoms with E-state index in [1.54, 1.807) is 0 Å². The fourth-order valence-corrected chi connectivity index (χ4v) is 3.13. The molecular formula is C17H28N2. The minimum absolute atomic E-state index is 0.0740. The molecule has 3 N–H and O–H groups in total. The van der Waals surface area contributed by atoms with Gasteiger partial charge in [-0.25, -0.2) is 0 Å². The quantitative estimate of drug-likeness (QED) is 0.825. The molecular weight excluding hydrogens is 232 g/mol. The van der Waals surface area contributed by atoms with Crippen molar-refractivity contribution in [2.75, 3.05) is 6.54 Å². The Morgan fingerprint density at radius 1 is 1.26 bits per heavy atom. The molecule has 2 rings (SSSR count). The minimum atomic E-state index is 0.0740. The molecule has 0 spiro atoms. The summed E-state index contributed by atoms with van der Waals surface area (Å²) < 4.78 is 0. The Kier molecular flexibility index (Phi) is 5.00. The molecule has 0 heterocycles. The molecule has 0 aromatic heterocycles. The largest absolute Gasteiger partial charge is 0.329 e. The SMILES string of the molecule is CC1CCC(NC(C)(CN)CCc2ccccc2)C1. The Bertz CT molecular complexity index is 376. The lowest BCUT2D eigenvalue weighted by Crippen LogP contribution is -2.52. The van der Waals surface area contributed by atoms with E-state index >= 15 is 0 Å². The Hall–Kier alpha value is -0.860. The van der Waals surface area contributed by atoms with Crippen LogP contribution in [0, 0.1) is 5.92 Å². The van der Waals surface area contributed by atoms with Crippen LogP contribution in [0.25, 0.3) is 0 Å². The van der Waals surface area contributed by atoms with Crippen LogP contribution in [0.2, 0.25) is 0 Å². The van der Waals surface area contributed by atoms with Crippen LogP contribution in [-0.4, -0.2) is 18.1 Å². The van der Waals surface area contributed by atoms with Crippen LogP contribution in [0.15, 0.2) is 30.3 Å². The van der Waals surface area contributed by atoms with E-state index in [0.29, 0.717) is 12.6 Å². The number of nitrogens with two attached hydrogens (primary N) is 1. The molecule has 1 aromatic rings. The molecule has 1 aliphatic rings. The summed E-state index contributed by atoms with van der Waals surface area (Å²) >= 11 is 0. The Morgan fingerprint density at radius 2 is 2.00 bits per heavy atom. The molecule has 19 heavy (non-hydrogen) atoms. The van der Waals surface area contributed by atoms with Crippen LogP contribution in [0.1, 0.15) is 45.1 Å². The van der Waals surface area contributed by atoms with Crippen LogP contribution in [0.3, 0.4) is 0 Å². The van der Waals surface area contributed by atoms with E-state index in [0.717, 1.165) is 18.8 Å². The van der Waals surface area contributed by atoms with Gasteiger partial charge in [0.2, 0.25) is 0 Å². The van der Waals surface area contributed by atoms with Crippen molar-refractivity contribution in [3.8, 4) is 0 Å². The molecule has 1 fully saturated rings. The molecule has 2 nitrogen and oxygen atoms in total. The second-order valence-corrected chi connectivity index (χ2v) is 6.51. The third-order valence-electron chi connectivity index (χ3n) is 4.51. The van der Waals surface area contributed by atoms with Crippen LogP contribution in [0.4, 0.5) is 0 Å². The Balaban J connectivity index is 1.87. The van der Waals surface area contributed by atoms with Gasteiger partial charge in [-0.3, -0.25) is 0 Å². The molecule has 0 radical (unpaired) electrons. The number of rotatable bonds is 6. The van der Waals surface area contributed by atoms with Gasteiger partial charge in [0, 0.05) is 18.1 Å². The fourth-order valence-electron chi connectivity index (χ4n) is 3.13. The van der Waals surface area contributed by atoms with Gasteiger partial charge >= 0.3 is 0 Å². The molecule has 1 saturated carbocycles. The lowest BCUT2D eigenvalue weighted by Gasteiger charge is -2.33. The van der Waals surface area contributed by atoms with Gasteiger partial charge in [0.25, 0.3) is 0 Å². The van der Waals surface area contributed by atoms with Crippen LogP contribution >= 0.6 is 0 Å². The maximum absolute atomic E-state index is 6.02. The second kappa shape index (κ2) is 6.53. The molecule has 0 bridgehead atoms. The number of nitrogens with one attached hydrogen (secondary N) is 1. The Morgan fingerprint density at radius 3 is 2.58 bits per heavy atom. The van der Waals surface area contributed by atoms with E-state index in [2.05, 4.69) is 49.5 Å². The van der Waals surface area contributed by atoms with E-state index in [-0.39, 0.29) is 5.54 Å². The van der Waals surface area contributed by atoms with Gasteiger partial charge in [-0.05, 0) is 50.5 Å². The maximum atomic E-state index is 6.02. The van der Waals surface area contributed by atoms with Crippen molar-refractivity contribution in [3.05, 3.63) is 35.9 Å². The maximum Gasteiger partial charge on any atom is 0.0281 e. The van der Waals surface area contributed by atoms with E-state index in [1.165, 1.54) is 24.8 Å².